The van der Waals surface area contributed by atoms with Gasteiger partial charge in [-0.25, -0.2) is 9.97 Å². The Morgan fingerprint density at radius 1 is 0.941 bits per heavy atom. The highest BCUT2D eigenvalue weighted by Crippen LogP contribution is 2.43. The molecule has 1 aliphatic carbocycles. The van der Waals surface area contributed by atoms with E-state index in [1.807, 2.05) is 53.4 Å². The summed E-state index contributed by atoms with van der Waals surface area (Å²) in [6.45, 7) is 1.81. The van der Waals surface area contributed by atoms with Gasteiger partial charge in [0.25, 0.3) is 0 Å². The summed E-state index contributed by atoms with van der Waals surface area (Å²) in [6.07, 6.45) is 3.04. The number of carbonyl (C=O) groups is 1. The van der Waals surface area contributed by atoms with Gasteiger partial charge in [-0.15, -0.1) is 0 Å². The highest BCUT2D eigenvalue weighted by Gasteiger charge is 2.27. The number of rotatable bonds is 4. The van der Waals surface area contributed by atoms with E-state index in [0.29, 0.717) is 32.2 Å². The normalized spacial score (nSPS) is 16.8. The molecule has 4 aromatic rings. The monoisotopic (exact) mass is 449 g/mol. The number of fused-ring (bicyclic) bond motifs is 4. The number of nitrogens with zero attached hydrogens (tertiary/aromatic N) is 3. The number of benzene rings is 3. The summed E-state index contributed by atoms with van der Waals surface area (Å²) in [5, 5.41) is 0.858. The van der Waals surface area contributed by atoms with Crippen LogP contribution < -0.4 is 4.74 Å². The molecule has 1 aromatic heterocycles. The Morgan fingerprint density at radius 2 is 1.62 bits per heavy atom. The van der Waals surface area contributed by atoms with E-state index in [0.717, 1.165) is 27.6 Å². The van der Waals surface area contributed by atoms with Crippen LogP contribution in [0.15, 0.2) is 85.2 Å². The molecule has 2 heterocycles. The van der Waals surface area contributed by atoms with Gasteiger partial charge in [-0.2, -0.15) is 0 Å². The molecule has 0 saturated carbocycles. The Morgan fingerprint density at radius 3 is 2.38 bits per heavy atom. The van der Waals surface area contributed by atoms with Crippen LogP contribution in [0.5, 0.6) is 5.88 Å². The molecule has 0 radical (unpaired) electrons. The Bertz CT molecular complexity index is 1360. The number of morpholine rings is 1. The predicted molar refractivity (Wildman–Crippen MR) is 130 cm³/mol. The predicted octanol–water partition coefficient (Wildman–Crippen LogP) is 4.35. The molecular formula is C28H23N3O3. The highest BCUT2D eigenvalue weighted by molar-refractivity contribution is 6.08. The van der Waals surface area contributed by atoms with Crippen molar-refractivity contribution in [3.63, 3.8) is 0 Å². The van der Waals surface area contributed by atoms with Gasteiger partial charge in [0, 0.05) is 12.6 Å². The van der Waals surface area contributed by atoms with Gasteiger partial charge in [0.2, 0.25) is 11.8 Å². The molecule has 6 heteroatoms. The molecule has 6 nitrogen and oxygen atoms in total. The topological polar surface area (TPSA) is 64.6 Å². The van der Waals surface area contributed by atoms with E-state index in [-0.39, 0.29) is 12.0 Å². The summed E-state index contributed by atoms with van der Waals surface area (Å²) in [4.78, 5) is 23.7. The molecule has 1 amide bonds. The third-order valence-electron chi connectivity index (χ3n) is 6.36. The maximum absolute atomic E-state index is 13.3. The summed E-state index contributed by atoms with van der Waals surface area (Å²) in [5.74, 6) is 0.515. The maximum atomic E-state index is 13.3. The van der Waals surface area contributed by atoms with E-state index in [1.165, 1.54) is 17.5 Å². The largest absolute Gasteiger partial charge is 0.474 e. The Hall–Kier alpha value is -4.03. The lowest BCUT2D eigenvalue weighted by atomic mass is 10.0. The average Bonchev–Trinajstić information content (AvgIpc) is 3.21. The molecule has 1 saturated heterocycles. The minimum Gasteiger partial charge on any atom is -0.474 e. The number of amides is 1. The maximum Gasteiger partial charge on any atom is 0.247 e. The summed E-state index contributed by atoms with van der Waals surface area (Å²) in [5.41, 5.74) is 6.34. The van der Waals surface area contributed by atoms with Crippen LogP contribution in [0.4, 0.5) is 0 Å². The third-order valence-corrected chi connectivity index (χ3v) is 6.36. The molecule has 3 aromatic carbocycles. The quantitative estimate of drug-likeness (QED) is 0.382. The molecule has 0 spiro atoms. The lowest BCUT2D eigenvalue weighted by Crippen LogP contribution is -2.47. The van der Waals surface area contributed by atoms with Crippen molar-refractivity contribution in [1.29, 1.82) is 0 Å². The Balaban J connectivity index is 1.19. The van der Waals surface area contributed by atoms with E-state index in [1.54, 1.807) is 6.08 Å². The van der Waals surface area contributed by atoms with Crippen LogP contribution in [-0.4, -0.2) is 53.2 Å². The second-order valence-electron chi connectivity index (χ2n) is 8.43. The van der Waals surface area contributed by atoms with Gasteiger partial charge in [-0.3, -0.25) is 4.79 Å². The standard InChI is InChI=1S/C28H23N3O3/c32-27(15-25-22-9-3-1-7-20(22)21-8-2-4-10-23(21)25)31-13-14-33-19(16-31)17-34-28-24-11-5-6-12-26(24)29-18-30-28/h1-12,15,18-19H,13-14,16-17H2. The molecule has 1 fully saturated rings. The highest BCUT2D eigenvalue weighted by atomic mass is 16.5. The first kappa shape index (κ1) is 20.6. The van der Waals surface area contributed by atoms with E-state index < -0.39 is 0 Å². The zero-order chi connectivity index (χ0) is 22.9. The van der Waals surface area contributed by atoms with Crippen LogP contribution in [-0.2, 0) is 9.53 Å². The van der Waals surface area contributed by atoms with E-state index >= 15 is 0 Å². The number of carbonyl (C=O) groups excluding carboxylic acids is 1. The van der Waals surface area contributed by atoms with Crippen LogP contribution in [0, 0.1) is 0 Å². The SMILES string of the molecule is O=C(C=C1c2ccccc2-c2ccccc21)N1CCOC(COc2ncnc3ccccc23)C1. The van der Waals surface area contributed by atoms with Crippen LogP contribution in [0.2, 0.25) is 0 Å². The second kappa shape index (κ2) is 8.72. The molecule has 0 N–H and O–H groups in total. The van der Waals surface area contributed by atoms with Crippen molar-refractivity contribution in [3.05, 3.63) is 96.3 Å². The number of ether oxygens (including phenoxy) is 2. The zero-order valence-electron chi connectivity index (χ0n) is 18.6. The summed E-state index contributed by atoms with van der Waals surface area (Å²) in [6, 6.07) is 24.2. The zero-order valence-corrected chi connectivity index (χ0v) is 18.6. The van der Waals surface area contributed by atoms with Crippen molar-refractivity contribution in [3.8, 4) is 17.0 Å². The molecule has 2 aliphatic rings. The van der Waals surface area contributed by atoms with Crippen molar-refractivity contribution in [2.75, 3.05) is 26.3 Å². The number of hydrogen-bond acceptors (Lipinski definition) is 5. The molecule has 1 aliphatic heterocycles. The summed E-state index contributed by atoms with van der Waals surface area (Å²) < 4.78 is 11.9. The van der Waals surface area contributed by atoms with Crippen molar-refractivity contribution in [1.82, 2.24) is 14.9 Å². The van der Waals surface area contributed by atoms with Gasteiger partial charge < -0.3 is 14.4 Å². The van der Waals surface area contributed by atoms with Gasteiger partial charge in [0.1, 0.15) is 19.0 Å². The lowest BCUT2D eigenvalue weighted by Gasteiger charge is -2.32. The Kier molecular flexibility index (Phi) is 5.28. The summed E-state index contributed by atoms with van der Waals surface area (Å²) in [7, 11) is 0. The van der Waals surface area contributed by atoms with Gasteiger partial charge in [0.05, 0.1) is 24.1 Å². The van der Waals surface area contributed by atoms with Crippen LogP contribution >= 0.6 is 0 Å². The molecule has 6 rings (SSSR count). The van der Waals surface area contributed by atoms with Gasteiger partial charge in [0.15, 0.2) is 0 Å². The molecule has 1 atom stereocenters. The smallest absolute Gasteiger partial charge is 0.247 e. The number of hydrogen-bond donors (Lipinski definition) is 0. The van der Waals surface area contributed by atoms with Crippen molar-refractivity contribution < 1.29 is 14.3 Å². The van der Waals surface area contributed by atoms with Crippen LogP contribution in [0.25, 0.3) is 27.6 Å². The summed E-state index contributed by atoms with van der Waals surface area (Å²) >= 11 is 0. The molecule has 168 valence electrons. The molecule has 0 bridgehead atoms. The average molecular weight is 450 g/mol. The third kappa shape index (κ3) is 3.72. The van der Waals surface area contributed by atoms with E-state index in [4.69, 9.17) is 9.47 Å². The van der Waals surface area contributed by atoms with Crippen molar-refractivity contribution in [2.45, 2.75) is 6.10 Å². The molecule has 1 unspecified atom stereocenters. The first-order valence-corrected chi connectivity index (χ1v) is 11.4. The fourth-order valence-electron chi connectivity index (χ4n) is 4.71. The fraction of sp³-hybridized carbons (Fsp3) is 0.179. The fourth-order valence-corrected chi connectivity index (χ4v) is 4.71. The van der Waals surface area contributed by atoms with Gasteiger partial charge in [-0.1, -0.05) is 60.7 Å². The Labute approximate surface area is 197 Å². The van der Waals surface area contributed by atoms with Gasteiger partial charge in [-0.05, 0) is 40.0 Å². The van der Waals surface area contributed by atoms with Crippen LogP contribution in [0.1, 0.15) is 11.1 Å². The van der Waals surface area contributed by atoms with Gasteiger partial charge >= 0.3 is 0 Å². The first-order valence-electron chi connectivity index (χ1n) is 11.4. The van der Waals surface area contributed by atoms with Crippen molar-refractivity contribution >= 4 is 22.4 Å². The number of para-hydroxylation sites is 1. The molecular weight excluding hydrogens is 426 g/mol. The minimum atomic E-state index is -0.229. The lowest BCUT2D eigenvalue weighted by molar-refractivity contribution is -0.134. The van der Waals surface area contributed by atoms with E-state index in [2.05, 4.69) is 34.2 Å². The minimum absolute atomic E-state index is 0.0118. The van der Waals surface area contributed by atoms with E-state index in [9.17, 15) is 4.79 Å². The number of aromatic nitrogens is 2. The van der Waals surface area contributed by atoms with Crippen LogP contribution in [0.3, 0.4) is 0 Å². The second-order valence-corrected chi connectivity index (χ2v) is 8.43. The van der Waals surface area contributed by atoms with Crippen molar-refractivity contribution in [2.24, 2.45) is 0 Å². The molecule has 34 heavy (non-hydrogen) atoms. The first-order chi connectivity index (χ1) is 16.8.